The Hall–Kier alpha value is -0.420. The number of rotatable bonds is 6. The van der Waals surface area contributed by atoms with Crippen molar-refractivity contribution in [1.82, 2.24) is 15.5 Å². The number of aliphatic imine (C=N–C) groups is 1. The fourth-order valence-electron chi connectivity index (χ4n) is 3.46. The molecule has 0 radical (unpaired) electrons. The molecule has 0 aromatic rings. The second kappa shape index (κ2) is 10.4. The normalized spacial score (nSPS) is 27.6. The van der Waals surface area contributed by atoms with Gasteiger partial charge in [0.05, 0.1) is 6.54 Å². The van der Waals surface area contributed by atoms with Crippen molar-refractivity contribution < 1.29 is 0 Å². The number of likely N-dealkylation sites (tertiary alicyclic amines) is 1. The van der Waals surface area contributed by atoms with Crippen molar-refractivity contribution in [3.63, 3.8) is 0 Å². The van der Waals surface area contributed by atoms with Crippen molar-refractivity contribution in [2.75, 3.05) is 39.0 Å². The summed E-state index contributed by atoms with van der Waals surface area (Å²) in [5.41, 5.74) is 0. The molecule has 2 unspecified atom stereocenters. The molecular formula is C17H34N4S. The molecule has 128 valence electrons. The average Bonchev–Trinajstić information content (AvgIpc) is 2.81. The molecule has 2 atom stereocenters. The molecular weight excluding hydrogens is 292 g/mol. The van der Waals surface area contributed by atoms with Crippen LogP contribution in [0.4, 0.5) is 0 Å². The average molecular weight is 327 g/mol. The highest BCUT2D eigenvalue weighted by Crippen LogP contribution is 2.27. The SMILES string of the molecule is CCNC(=NCCN1CCCCCC1)NC1CCC(SC)C1. The summed E-state index contributed by atoms with van der Waals surface area (Å²) >= 11 is 2.01. The molecule has 1 aliphatic carbocycles. The zero-order valence-corrected chi connectivity index (χ0v) is 15.3. The van der Waals surface area contributed by atoms with E-state index in [1.54, 1.807) is 0 Å². The van der Waals surface area contributed by atoms with Gasteiger partial charge in [0.1, 0.15) is 0 Å². The molecule has 0 aromatic carbocycles. The molecule has 1 saturated heterocycles. The molecule has 0 bridgehead atoms. The van der Waals surface area contributed by atoms with Crippen LogP contribution in [0.3, 0.4) is 0 Å². The summed E-state index contributed by atoms with van der Waals surface area (Å²) in [6, 6.07) is 0.605. The molecule has 1 saturated carbocycles. The lowest BCUT2D eigenvalue weighted by Crippen LogP contribution is -2.43. The first kappa shape index (κ1) is 17.9. The van der Waals surface area contributed by atoms with E-state index < -0.39 is 0 Å². The zero-order chi connectivity index (χ0) is 15.6. The first-order valence-corrected chi connectivity index (χ1v) is 10.4. The molecule has 1 heterocycles. The predicted molar refractivity (Wildman–Crippen MR) is 99.0 cm³/mol. The van der Waals surface area contributed by atoms with Crippen molar-refractivity contribution in [2.45, 2.75) is 63.2 Å². The highest BCUT2D eigenvalue weighted by atomic mass is 32.2. The maximum absolute atomic E-state index is 4.80. The van der Waals surface area contributed by atoms with Crippen LogP contribution in [-0.4, -0.2) is 61.1 Å². The predicted octanol–water partition coefficient (Wildman–Crippen LogP) is 2.70. The van der Waals surface area contributed by atoms with Gasteiger partial charge in [-0.05, 0) is 58.4 Å². The molecule has 2 rings (SSSR count). The fraction of sp³-hybridized carbons (Fsp3) is 0.941. The van der Waals surface area contributed by atoms with Crippen LogP contribution in [0, 0.1) is 0 Å². The molecule has 0 aromatic heterocycles. The monoisotopic (exact) mass is 326 g/mol. The Morgan fingerprint density at radius 2 is 1.95 bits per heavy atom. The van der Waals surface area contributed by atoms with Gasteiger partial charge >= 0.3 is 0 Å². The number of hydrogen-bond acceptors (Lipinski definition) is 3. The largest absolute Gasteiger partial charge is 0.357 e. The van der Waals surface area contributed by atoms with Crippen LogP contribution in [0.15, 0.2) is 4.99 Å². The molecule has 1 aliphatic heterocycles. The Bertz CT molecular complexity index is 327. The van der Waals surface area contributed by atoms with Gasteiger partial charge in [0.15, 0.2) is 5.96 Å². The maximum Gasteiger partial charge on any atom is 0.191 e. The summed E-state index contributed by atoms with van der Waals surface area (Å²) in [5.74, 6) is 1.02. The lowest BCUT2D eigenvalue weighted by molar-refractivity contribution is 0.293. The van der Waals surface area contributed by atoms with Gasteiger partial charge in [-0.1, -0.05) is 12.8 Å². The standard InChI is InChI=1S/C17H34N4S/c1-3-18-17(20-15-8-9-16(14-15)22-2)19-10-13-21-11-6-4-5-7-12-21/h15-16H,3-14H2,1-2H3,(H2,18,19,20). The van der Waals surface area contributed by atoms with Gasteiger partial charge in [0.2, 0.25) is 0 Å². The lowest BCUT2D eigenvalue weighted by atomic mass is 10.2. The van der Waals surface area contributed by atoms with Crippen LogP contribution in [0.1, 0.15) is 51.9 Å². The second-order valence-corrected chi connectivity index (χ2v) is 7.67. The van der Waals surface area contributed by atoms with Crippen LogP contribution in [0.5, 0.6) is 0 Å². The number of hydrogen-bond donors (Lipinski definition) is 2. The fourth-order valence-corrected chi connectivity index (χ4v) is 4.26. The highest BCUT2D eigenvalue weighted by molar-refractivity contribution is 7.99. The Labute approximate surface area is 140 Å². The van der Waals surface area contributed by atoms with E-state index in [9.17, 15) is 0 Å². The molecule has 4 nitrogen and oxygen atoms in total. The van der Waals surface area contributed by atoms with E-state index in [4.69, 9.17) is 4.99 Å². The van der Waals surface area contributed by atoms with Gasteiger partial charge < -0.3 is 15.5 Å². The number of thioether (sulfide) groups is 1. The number of guanidine groups is 1. The van der Waals surface area contributed by atoms with Crippen molar-refractivity contribution in [1.29, 1.82) is 0 Å². The van der Waals surface area contributed by atoms with E-state index >= 15 is 0 Å². The Morgan fingerprint density at radius 1 is 1.18 bits per heavy atom. The summed E-state index contributed by atoms with van der Waals surface area (Å²) in [7, 11) is 0. The van der Waals surface area contributed by atoms with Gasteiger partial charge in [0, 0.05) is 24.4 Å². The molecule has 2 fully saturated rings. The van der Waals surface area contributed by atoms with Crippen LogP contribution < -0.4 is 10.6 Å². The van der Waals surface area contributed by atoms with Crippen LogP contribution in [0.2, 0.25) is 0 Å². The minimum absolute atomic E-state index is 0.605. The van der Waals surface area contributed by atoms with Gasteiger partial charge in [-0.25, -0.2) is 0 Å². The third-order valence-electron chi connectivity index (χ3n) is 4.79. The minimum Gasteiger partial charge on any atom is -0.357 e. The van der Waals surface area contributed by atoms with Crippen molar-refractivity contribution in [3.8, 4) is 0 Å². The summed E-state index contributed by atoms with van der Waals surface area (Å²) in [6.45, 7) is 7.62. The van der Waals surface area contributed by atoms with E-state index in [0.717, 1.165) is 30.8 Å². The first-order valence-electron chi connectivity index (χ1n) is 9.11. The summed E-state index contributed by atoms with van der Waals surface area (Å²) in [6.07, 6.45) is 11.7. The third-order valence-corrected chi connectivity index (χ3v) is 5.88. The molecule has 2 aliphatic rings. The minimum atomic E-state index is 0.605. The quantitative estimate of drug-likeness (QED) is 0.581. The summed E-state index contributed by atoms with van der Waals surface area (Å²) in [5, 5.41) is 7.88. The Morgan fingerprint density at radius 3 is 2.59 bits per heavy atom. The van der Waals surface area contributed by atoms with E-state index in [-0.39, 0.29) is 0 Å². The Balaban J connectivity index is 1.74. The van der Waals surface area contributed by atoms with Gasteiger partial charge in [0.25, 0.3) is 0 Å². The summed E-state index contributed by atoms with van der Waals surface area (Å²) < 4.78 is 0. The molecule has 0 spiro atoms. The van der Waals surface area contributed by atoms with E-state index in [0.29, 0.717) is 6.04 Å². The zero-order valence-electron chi connectivity index (χ0n) is 14.4. The maximum atomic E-state index is 4.80. The highest BCUT2D eigenvalue weighted by Gasteiger charge is 2.24. The molecule has 22 heavy (non-hydrogen) atoms. The molecule has 0 amide bonds. The van der Waals surface area contributed by atoms with Crippen LogP contribution in [-0.2, 0) is 0 Å². The van der Waals surface area contributed by atoms with Crippen molar-refractivity contribution in [3.05, 3.63) is 0 Å². The Kier molecular flexibility index (Phi) is 8.45. The van der Waals surface area contributed by atoms with Crippen molar-refractivity contribution in [2.24, 2.45) is 4.99 Å². The smallest absolute Gasteiger partial charge is 0.191 e. The van der Waals surface area contributed by atoms with Gasteiger partial charge in [-0.3, -0.25) is 4.99 Å². The first-order chi connectivity index (χ1) is 10.8. The van der Waals surface area contributed by atoms with Gasteiger partial charge in [-0.2, -0.15) is 11.8 Å². The number of nitrogens with one attached hydrogen (secondary N) is 2. The van der Waals surface area contributed by atoms with Crippen LogP contribution in [0.25, 0.3) is 0 Å². The summed E-state index contributed by atoms with van der Waals surface area (Å²) in [4.78, 5) is 7.38. The van der Waals surface area contributed by atoms with E-state index in [1.807, 2.05) is 11.8 Å². The topological polar surface area (TPSA) is 39.7 Å². The van der Waals surface area contributed by atoms with Crippen LogP contribution >= 0.6 is 11.8 Å². The lowest BCUT2D eigenvalue weighted by Gasteiger charge is -2.20. The molecule has 2 N–H and O–H groups in total. The van der Waals surface area contributed by atoms with E-state index in [2.05, 4.69) is 28.7 Å². The number of nitrogens with zero attached hydrogens (tertiary/aromatic N) is 2. The van der Waals surface area contributed by atoms with E-state index in [1.165, 1.54) is 58.0 Å². The third kappa shape index (κ3) is 6.37. The molecule has 5 heteroatoms. The van der Waals surface area contributed by atoms with Gasteiger partial charge in [-0.15, -0.1) is 0 Å². The van der Waals surface area contributed by atoms with Crippen molar-refractivity contribution >= 4 is 17.7 Å². The second-order valence-electron chi connectivity index (χ2n) is 6.53.